The van der Waals surface area contributed by atoms with E-state index in [9.17, 15) is 14.4 Å². The fourth-order valence-electron chi connectivity index (χ4n) is 1.63. The predicted molar refractivity (Wildman–Crippen MR) is 77.9 cm³/mol. The number of anilines is 1. The lowest BCUT2D eigenvalue weighted by Crippen LogP contribution is -2.51. The highest BCUT2D eigenvalue weighted by molar-refractivity contribution is 6.03. The lowest BCUT2D eigenvalue weighted by Gasteiger charge is -2.24. The van der Waals surface area contributed by atoms with Crippen molar-refractivity contribution in [2.24, 2.45) is 5.73 Å². The topological polar surface area (TPSA) is 122 Å². The molecule has 0 heterocycles. The number of carbonyl (C=O) groups is 3. The molecular weight excluding hydrogens is 274 g/mol. The summed E-state index contributed by atoms with van der Waals surface area (Å²) in [5.74, 6) is -2.14. The van der Waals surface area contributed by atoms with Crippen molar-refractivity contribution < 1.29 is 19.5 Å². The van der Waals surface area contributed by atoms with Crippen molar-refractivity contribution >= 4 is 23.5 Å². The summed E-state index contributed by atoms with van der Waals surface area (Å²) in [7, 11) is 0. The number of hydrogen-bond acceptors (Lipinski definition) is 4. The number of primary amides is 1. The Morgan fingerprint density at radius 1 is 1.29 bits per heavy atom. The molecule has 1 aromatic carbocycles. The molecule has 0 bridgehead atoms. The van der Waals surface area contributed by atoms with Gasteiger partial charge in [0.05, 0.1) is 17.8 Å². The number of carbonyl (C=O) groups excluding carboxylic acids is 2. The van der Waals surface area contributed by atoms with Crippen molar-refractivity contribution in [1.29, 1.82) is 0 Å². The number of aliphatic carboxylic acids is 1. The third-order valence-electron chi connectivity index (χ3n) is 3.28. The first-order valence-electron chi connectivity index (χ1n) is 6.47. The number of carboxylic acid groups (broad SMARTS) is 1. The van der Waals surface area contributed by atoms with Crippen LogP contribution >= 0.6 is 0 Å². The molecule has 114 valence electrons. The summed E-state index contributed by atoms with van der Waals surface area (Å²) in [6.45, 7) is 3.02. The normalized spacial score (nSPS) is 13.2. The van der Waals surface area contributed by atoms with Gasteiger partial charge in [-0.15, -0.1) is 0 Å². The molecular formula is C14H19N3O4. The molecule has 21 heavy (non-hydrogen) atoms. The van der Waals surface area contributed by atoms with Gasteiger partial charge in [-0.2, -0.15) is 0 Å². The molecule has 0 aliphatic heterocycles. The third-order valence-corrected chi connectivity index (χ3v) is 3.28. The molecule has 1 atom stereocenters. The second-order valence-corrected chi connectivity index (χ2v) is 4.80. The maximum atomic E-state index is 11.9. The van der Waals surface area contributed by atoms with Crippen molar-refractivity contribution in [2.75, 3.05) is 11.9 Å². The van der Waals surface area contributed by atoms with Crippen molar-refractivity contribution in [3.63, 3.8) is 0 Å². The molecule has 5 N–H and O–H groups in total. The minimum absolute atomic E-state index is 0.191. The Hall–Kier alpha value is -2.41. The van der Waals surface area contributed by atoms with Gasteiger partial charge in [-0.25, -0.2) is 0 Å². The smallest absolute Gasteiger partial charge is 0.323 e. The van der Waals surface area contributed by atoms with Crippen LogP contribution in [-0.2, 0) is 9.59 Å². The van der Waals surface area contributed by atoms with Gasteiger partial charge in [0, 0.05) is 0 Å². The molecule has 1 aromatic rings. The molecule has 1 rings (SSSR count). The van der Waals surface area contributed by atoms with Gasteiger partial charge in [-0.1, -0.05) is 19.1 Å². The Bertz CT molecular complexity index is 559. The Balaban J connectivity index is 2.71. The van der Waals surface area contributed by atoms with E-state index in [4.69, 9.17) is 10.8 Å². The number of benzene rings is 1. The van der Waals surface area contributed by atoms with Crippen molar-refractivity contribution in [3.05, 3.63) is 29.8 Å². The van der Waals surface area contributed by atoms with E-state index in [2.05, 4.69) is 10.6 Å². The van der Waals surface area contributed by atoms with Crippen LogP contribution in [0, 0.1) is 0 Å². The van der Waals surface area contributed by atoms with E-state index < -0.39 is 23.3 Å². The third kappa shape index (κ3) is 4.28. The van der Waals surface area contributed by atoms with Crippen LogP contribution in [0.2, 0.25) is 0 Å². The first kappa shape index (κ1) is 16.6. The maximum Gasteiger partial charge on any atom is 0.323 e. The van der Waals surface area contributed by atoms with Crippen molar-refractivity contribution in [1.82, 2.24) is 5.32 Å². The molecule has 7 heteroatoms. The van der Waals surface area contributed by atoms with Crippen LogP contribution in [0.25, 0.3) is 0 Å². The molecule has 0 fully saturated rings. The number of amides is 2. The molecule has 0 aliphatic carbocycles. The van der Waals surface area contributed by atoms with Crippen LogP contribution in [-0.4, -0.2) is 35.0 Å². The highest BCUT2D eigenvalue weighted by atomic mass is 16.4. The molecule has 2 amide bonds. The van der Waals surface area contributed by atoms with Crippen molar-refractivity contribution in [2.45, 2.75) is 25.8 Å². The number of hydrogen-bond donors (Lipinski definition) is 4. The minimum atomic E-state index is -1.18. The standard InChI is InChI=1S/C14H19N3O4/c1-3-14(2,13(20)21)16-8-11(18)17-10-7-5-4-6-9(10)12(15)19/h4-7,16H,3,8H2,1-2H3,(H2,15,19)(H,17,18)(H,20,21). The Morgan fingerprint density at radius 2 is 1.90 bits per heavy atom. The van der Waals surface area contributed by atoms with Crippen LogP contribution in [0.4, 0.5) is 5.69 Å². The van der Waals surface area contributed by atoms with E-state index in [-0.39, 0.29) is 12.1 Å². The fraction of sp³-hybridized carbons (Fsp3) is 0.357. The molecule has 1 unspecified atom stereocenters. The van der Waals surface area contributed by atoms with Gasteiger partial charge in [0.25, 0.3) is 5.91 Å². The van der Waals surface area contributed by atoms with Crippen LogP contribution in [0.5, 0.6) is 0 Å². The van der Waals surface area contributed by atoms with Crippen LogP contribution < -0.4 is 16.4 Å². The SMILES string of the molecule is CCC(C)(NCC(=O)Nc1ccccc1C(N)=O)C(=O)O. The zero-order valence-corrected chi connectivity index (χ0v) is 12.0. The molecule has 0 radical (unpaired) electrons. The average Bonchev–Trinajstić information content (AvgIpc) is 2.44. The van der Waals surface area contributed by atoms with E-state index >= 15 is 0 Å². The Kier molecular flexibility index (Phi) is 5.43. The van der Waals surface area contributed by atoms with Crippen molar-refractivity contribution in [3.8, 4) is 0 Å². The Morgan fingerprint density at radius 3 is 2.43 bits per heavy atom. The van der Waals surface area contributed by atoms with E-state index in [1.807, 2.05) is 0 Å². The van der Waals surface area contributed by atoms with E-state index in [0.29, 0.717) is 12.1 Å². The van der Waals surface area contributed by atoms with Gasteiger partial charge in [0.15, 0.2) is 0 Å². The molecule has 7 nitrogen and oxygen atoms in total. The monoisotopic (exact) mass is 293 g/mol. The molecule has 0 spiro atoms. The highest BCUT2D eigenvalue weighted by Gasteiger charge is 2.30. The number of nitrogens with one attached hydrogen (secondary N) is 2. The fourth-order valence-corrected chi connectivity index (χ4v) is 1.63. The second-order valence-electron chi connectivity index (χ2n) is 4.80. The summed E-state index contributed by atoms with van der Waals surface area (Å²) in [5, 5.41) is 14.3. The van der Waals surface area contributed by atoms with Crippen LogP contribution in [0.15, 0.2) is 24.3 Å². The Labute approximate surface area is 122 Å². The van der Waals surface area contributed by atoms with Gasteiger partial charge in [0.2, 0.25) is 5.91 Å². The van der Waals surface area contributed by atoms with Crippen LogP contribution in [0.3, 0.4) is 0 Å². The van der Waals surface area contributed by atoms with Gasteiger partial charge in [-0.3, -0.25) is 19.7 Å². The zero-order chi connectivity index (χ0) is 16.0. The number of rotatable bonds is 7. The first-order valence-corrected chi connectivity index (χ1v) is 6.47. The minimum Gasteiger partial charge on any atom is -0.480 e. The van der Waals surface area contributed by atoms with E-state index in [0.717, 1.165) is 0 Å². The molecule has 0 aromatic heterocycles. The summed E-state index contributed by atoms with van der Waals surface area (Å²) in [6.07, 6.45) is 0.327. The average molecular weight is 293 g/mol. The summed E-state index contributed by atoms with van der Waals surface area (Å²) < 4.78 is 0. The zero-order valence-electron chi connectivity index (χ0n) is 12.0. The summed E-state index contributed by atoms with van der Waals surface area (Å²) >= 11 is 0. The maximum absolute atomic E-state index is 11.9. The largest absolute Gasteiger partial charge is 0.480 e. The van der Waals surface area contributed by atoms with E-state index in [1.54, 1.807) is 25.1 Å². The number of nitrogens with two attached hydrogens (primary N) is 1. The number of para-hydroxylation sites is 1. The molecule has 0 saturated heterocycles. The molecule has 0 saturated carbocycles. The van der Waals surface area contributed by atoms with Crippen LogP contribution in [0.1, 0.15) is 30.6 Å². The summed E-state index contributed by atoms with van der Waals surface area (Å²) in [5.41, 5.74) is 4.52. The predicted octanol–water partition coefficient (Wildman–Crippen LogP) is 0.567. The highest BCUT2D eigenvalue weighted by Crippen LogP contribution is 2.14. The van der Waals surface area contributed by atoms with Gasteiger partial charge < -0.3 is 16.2 Å². The van der Waals surface area contributed by atoms with E-state index in [1.165, 1.54) is 13.0 Å². The van der Waals surface area contributed by atoms with Gasteiger partial charge in [-0.05, 0) is 25.5 Å². The summed E-state index contributed by atoms with van der Waals surface area (Å²) in [4.78, 5) is 34.2. The lowest BCUT2D eigenvalue weighted by atomic mass is 9.99. The first-order chi connectivity index (χ1) is 9.80. The lowest BCUT2D eigenvalue weighted by molar-refractivity contribution is -0.144. The summed E-state index contributed by atoms with van der Waals surface area (Å²) in [6, 6.07) is 6.34. The second kappa shape index (κ2) is 6.85. The van der Waals surface area contributed by atoms with Gasteiger partial charge in [0.1, 0.15) is 5.54 Å². The quantitative estimate of drug-likeness (QED) is 0.585. The van der Waals surface area contributed by atoms with Gasteiger partial charge >= 0.3 is 5.97 Å². The molecule has 0 aliphatic rings. The number of carboxylic acids is 1.